The van der Waals surface area contributed by atoms with E-state index in [1.165, 1.54) is 12.0 Å². The van der Waals surface area contributed by atoms with E-state index in [0.29, 0.717) is 12.3 Å². The predicted octanol–water partition coefficient (Wildman–Crippen LogP) is 3.69. The highest BCUT2D eigenvalue weighted by Crippen LogP contribution is 2.27. The molecular weight excluding hydrogens is 278 g/mol. The molecule has 0 radical (unpaired) electrons. The summed E-state index contributed by atoms with van der Waals surface area (Å²) in [6, 6.07) is 5.99. The van der Waals surface area contributed by atoms with Crippen LogP contribution in [0, 0.1) is 13.8 Å². The van der Waals surface area contributed by atoms with Crippen LogP contribution in [-0.2, 0) is 4.74 Å². The summed E-state index contributed by atoms with van der Waals surface area (Å²) in [6.45, 7) is 5.41. The number of carbonyl (C=O) groups is 1. The van der Waals surface area contributed by atoms with E-state index in [-0.39, 0.29) is 12.0 Å². The fourth-order valence-electron chi connectivity index (χ4n) is 3.05. The Bertz CT molecular complexity index is 683. The molecule has 0 spiro atoms. The lowest BCUT2D eigenvalue weighted by Crippen LogP contribution is -2.37. The molecule has 4 heteroatoms. The molecule has 0 aliphatic carbocycles. The molecule has 0 bridgehead atoms. The minimum atomic E-state index is -0.0690. The number of likely N-dealkylation sites (N-methyl/N-ethyl adjacent to an activating group) is 1. The number of ether oxygens (including phenoxy) is 1. The zero-order valence-electron chi connectivity index (χ0n) is 13.5. The second-order valence-electron chi connectivity index (χ2n) is 6.23. The van der Waals surface area contributed by atoms with Crippen molar-refractivity contribution < 1.29 is 13.9 Å². The lowest BCUT2D eigenvalue weighted by molar-refractivity contribution is -0.000692. The maximum absolute atomic E-state index is 12.7. The van der Waals surface area contributed by atoms with Gasteiger partial charge in [0, 0.05) is 31.1 Å². The first-order chi connectivity index (χ1) is 10.6. The summed E-state index contributed by atoms with van der Waals surface area (Å²) in [4.78, 5) is 14.4. The van der Waals surface area contributed by atoms with Crippen LogP contribution in [0.5, 0.6) is 0 Å². The number of hydrogen-bond donors (Lipinski definition) is 0. The van der Waals surface area contributed by atoms with Gasteiger partial charge in [0.15, 0.2) is 5.76 Å². The van der Waals surface area contributed by atoms with Gasteiger partial charge in [-0.05, 0) is 45.2 Å². The number of carbonyl (C=O) groups excluding carboxylic acids is 1. The Morgan fingerprint density at radius 3 is 2.86 bits per heavy atom. The maximum Gasteiger partial charge on any atom is 0.289 e. The molecule has 2 aromatic rings. The van der Waals surface area contributed by atoms with Crippen LogP contribution >= 0.6 is 0 Å². The smallest absolute Gasteiger partial charge is 0.289 e. The Labute approximate surface area is 131 Å². The standard InChI is InChI=1S/C18H23NO3/c1-12-7-8-16-15(10-12)13(2)17(22-16)18(20)19(3)11-14-6-4-5-9-21-14/h7-8,10,14H,4-6,9,11H2,1-3H3/t14-/m0/s1. The summed E-state index contributed by atoms with van der Waals surface area (Å²) < 4.78 is 11.5. The second kappa shape index (κ2) is 6.13. The molecule has 0 saturated carbocycles. The molecule has 1 aromatic heterocycles. The van der Waals surface area contributed by atoms with Gasteiger partial charge < -0.3 is 14.1 Å². The highest BCUT2D eigenvalue weighted by Gasteiger charge is 2.24. The zero-order valence-corrected chi connectivity index (χ0v) is 13.5. The normalized spacial score (nSPS) is 18.6. The van der Waals surface area contributed by atoms with E-state index in [1.807, 2.05) is 33.0 Å². The number of hydrogen-bond acceptors (Lipinski definition) is 3. The third-order valence-electron chi connectivity index (χ3n) is 4.38. The fourth-order valence-corrected chi connectivity index (χ4v) is 3.05. The van der Waals surface area contributed by atoms with Gasteiger partial charge in [0.2, 0.25) is 0 Å². The van der Waals surface area contributed by atoms with E-state index < -0.39 is 0 Å². The number of aryl methyl sites for hydroxylation is 2. The number of furan rings is 1. The Morgan fingerprint density at radius 1 is 1.32 bits per heavy atom. The second-order valence-corrected chi connectivity index (χ2v) is 6.23. The van der Waals surface area contributed by atoms with Crippen molar-refractivity contribution in [1.29, 1.82) is 0 Å². The number of rotatable bonds is 3. The molecule has 1 aliphatic heterocycles. The van der Waals surface area contributed by atoms with Crippen LogP contribution in [0.15, 0.2) is 22.6 Å². The van der Waals surface area contributed by atoms with Gasteiger partial charge in [-0.1, -0.05) is 11.6 Å². The van der Waals surface area contributed by atoms with Crippen molar-refractivity contribution in [2.24, 2.45) is 0 Å². The largest absolute Gasteiger partial charge is 0.451 e. The van der Waals surface area contributed by atoms with E-state index >= 15 is 0 Å². The molecule has 1 saturated heterocycles. The molecule has 1 amide bonds. The third-order valence-corrected chi connectivity index (χ3v) is 4.38. The topological polar surface area (TPSA) is 42.7 Å². The average Bonchev–Trinajstić information content (AvgIpc) is 2.84. The summed E-state index contributed by atoms with van der Waals surface area (Å²) in [6.07, 6.45) is 3.47. The first kappa shape index (κ1) is 15.1. The molecule has 22 heavy (non-hydrogen) atoms. The highest BCUT2D eigenvalue weighted by atomic mass is 16.5. The van der Waals surface area contributed by atoms with E-state index in [9.17, 15) is 4.79 Å². The molecule has 1 atom stereocenters. The summed E-state index contributed by atoms with van der Waals surface area (Å²) in [7, 11) is 1.82. The van der Waals surface area contributed by atoms with Crippen molar-refractivity contribution >= 4 is 16.9 Å². The summed E-state index contributed by atoms with van der Waals surface area (Å²) in [5, 5.41) is 1.02. The van der Waals surface area contributed by atoms with E-state index in [1.54, 1.807) is 4.90 Å². The molecule has 3 rings (SSSR count). The Kier molecular flexibility index (Phi) is 4.21. The fraction of sp³-hybridized carbons (Fsp3) is 0.500. The van der Waals surface area contributed by atoms with Gasteiger partial charge >= 0.3 is 0 Å². The maximum atomic E-state index is 12.7. The van der Waals surface area contributed by atoms with Crippen molar-refractivity contribution in [2.75, 3.05) is 20.2 Å². The zero-order chi connectivity index (χ0) is 15.7. The van der Waals surface area contributed by atoms with Gasteiger partial charge in [0.1, 0.15) is 5.58 Å². The molecule has 118 valence electrons. The van der Waals surface area contributed by atoms with E-state index in [2.05, 4.69) is 6.07 Å². The highest BCUT2D eigenvalue weighted by molar-refractivity contribution is 5.98. The van der Waals surface area contributed by atoms with Gasteiger partial charge in [0.25, 0.3) is 5.91 Å². The van der Waals surface area contributed by atoms with Crippen LogP contribution in [0.1, 0.15) is 40.9 Å². The Hall–Kier alpha value is -1.81. The van der Waals surface area contributed by atoms with Crippen molar-refractivity contribution in [3.05, 3.63) is 35.1 Å². The summed E-state index contributed by atoms with van der Waals surface area (Å²) >= 11 is 0. The molecule has 0 unspecified atom stereocenters. The average molecular weight is 301 g/mol. The number of benzene rings is 1. The van der Waals surface area contributed by atoms with Gasteiger partial charge in [-0.2, -0.15) is 0 Å². The van der Waals surface area contributed by atoms with Crippen molar-refractivity contribution in [3.63, 3.8) is 0 Å². The number of nitrogens with zero attached hydrogens (tertiary/aromatic N) is 1. The van der Waals surface area contributed by atoms with Crippen LogP contribution in [0.3, 0.4) is 0 Å². The van der Waals surface area contributed by atoms with Gasteiger partial charge in [-0.15, -0.1) is 0 Å². The van der Waals surface area contributed by atoms with E-state index in [0.717, 1.165) is 36.0 Å². The lowest BCUT2D eigenvalue weighted by atomic mass is 10.1. The summed E-state index contributed by atoms with van der Waals surface area (Å²) in [5.74, 6) is 0.374. The van der Waals surface area contributed by atoms with E-state index in [4.69, 9.17) is 9.15 Å². The number of amides is 1. The third kappa shape index (κ3) is 2.88. The minimum absolute atomic E-state index is 0.0690. The number of fused-ring (bicyclic) bond motifs is 1. The summed E-state index contributed by atoms with van der Waals surface area (Å²) in [5.41, 5.74) is 2.85. The monoisotopic (exact) mass is 301 g/mol. The van der Waals surface area contributed by atoms with Gasteiger partial charge in [0.05, 0.1) is 6.10 Å². The predicted molar refractivity (Wildman–Crippen MR) is 86.2 cm³/mol. The van der Waals surface area contributed by atoms with Crippen LogP contribution in [-0.4, -0.2) is 37.1 Å². The molecule has 1 aromatic carbocycles. The first-order valence-corrected chi connectivity index (χ1v) is 7.93. The van der Waals surface area contributed by atoms with Crippen LogP contribution in [0.4, 0.5) is 0 Å². The molecular formula is C18H23NO3. The molecule has 1 aliphatic rings. The Morgan fingerprint density at radius 2 is 2.14 bits per heavy atom. The molecule has 1 fully saturated rings. The first-order valence-electron chi connectivity index (χ1n) is 7.93. The van der Waals surface area contributed by atoms with Gasteiger partial charge in [-0.3, -0.25) is 4.79 Å². The molecule has 4 nitrogen and oxygen atoms in total. The molecule has 2 heterocycles. The lowest BCUT2D eigenvalue weighted by Gasteiger charge is -2.27. The van der Waals surface area contributed by atoms with Crippen molar-refractivity contribution in [2.45, 2.75) is 39.2 Å². The van der Waals surface area contributed by atoms with Crippen molar-refractivity contribution in [1.82, 2.24) is 4.90 Å². The quantitative estimate of drug-likeness (QED) is 0.868. The minimum Gasteiger partial charge on any atom is -0.451 e. The van der Waals surface area contributed by atoms with Crippen LogP contribution < -0.4 is 0 Å². The van der Waals surface area contributed by atoms with Crippen LogP contribution in [0.25, 0.3) is 11.0 Å². The SMILES string of the molecule is Cc1ccc2oc(C(=O)N(C)C[C@@H]3CCCCO3)c(C)c2c1. The molecule has 0 N–H and O–H groups in total. The van der Waals surface area contributed by atoms with Crippen molar-refractivity contribution in [3.8, 4) is 0 Å². The van der Waals surface area contributed by atoms with Gasteiger partial charge in [-0.25, -0.2) is 0 Å². The van der Waals surface area contributed by atoms with Crippen LogP contribution in [0.2, 0.25) is 0 Å². The Balaban J connectivity index is 1.80.